The summed E-state index contributed by atoms with van der Waals surface area (Å²) in [5.41, 5.74) is 0. The Morgan fingerprint density at radius 2 is 1.43 bits per heavy atom. The summed E-state index contributed by atoms with van der Waals surface area (Å²) in [6, 6.07) is 0. The molecule has 0 aromatic carbocycles. The molecule has 0 spiro atoms. The molecule has 46 valence electrons. The Bertz CT molecular complexity index is 98.1. The van der Waals surface area contributed by atoms with Crippen LogP contribution in [0.2, 0.25) is 0 Å². The van der Waals surface area contributed by atoms with Crippen molar-refractivity contribution in [2.75, 3.05) is 0 Å². The maximum atomic E-state index is 9.10. The SMILES string of the molecule is O=[S](=O)(O)[Mn].[MgH2].[Ni]. The number of hydrogen-bond acceptors (Lipinski definition) is 2. The van der Waals surface area contributed by atoms with Crippen molar-refractivity contribution in [1.82, 2.24) is 0 Å². The molecule has 0 aliphatic carbocycles. The van der Waals surface area contributed by atoms with Crippen molar-refractivity contribution in [3.63, 3.8) is 0 Å². The second-order valence-electron chi connectivity index (χ2n) is 0.412. The van der Waals surface area contributed by atoms with Gasteiger partial charge in [-0.25, -0.2) is 0 Å². The van der Waals surface area contributed by atoms with Crippen LogP contribution >= 0.6 is 0 Å². The molecule has 0 heterocycles. The fourth-order valence-corrected chi connectivity index (χ4v) is 0. The van der Waals surface area contributed by atoms with Gasteiger partial charge >= 0.3 is 59.5 Å². The van der Waals surface area contributed by atoms with E-state index in [1.54, 1.807) is 0 Å². The molecule has 0 aromatic rings. The topological polar surface area (TPSA) is 54.4 Å². The minimum Gasteiger partial charge on any atom is 0 e. The summed E-state index contributed by atoms with van der Waals surface area (Å²) < 4.78 is 25.6. The molecule has 1 N–H and O–H groups in total. The summed E-state index contributed by atoms with van der Waals surface area (Å²) in [5, 5.41) is 0. The van der Waals surface area contributed by atoms with Crippen LogP contribution in [0, 0.1) is 0 Å². The Labute approximate surface area is 75.3 Å². The van der Waals surface area contributed by atoms with Crippen molar-refractivity contribution < 1.29 is 44.4 Å². The minimum absolute atomic E-state index is 0. The minimum atomic E-state index is -3.85. The summed E-state index contributed by atoms with van der Waals surface area (Å²) in [6.07, 6.45) is 0. The van der Waals surface area contributed by atoms with Gasteiger partial charge in [-0.1, -0.05) is 0 Å². The molecule has 0 amide bonds. The summed E-state index contributed by atoms with van der Waals surface area (Å²) in [7, 11) is -3.85. The summed E-state index contributed by atoms with van der Waals surface area (Å²) in [4.78, 5) is 0. The van der Waals surface area contributed by atoms with Crippen molar-refractivity contribution >= 4 is 31.6 Å². The van der Waals surface area contributed by atoms with Gasteiger partial charge in [-0.15, -0.1) is 0 Å². The molecule has 0 bridgehead atoms. The van der Waals surface area contributed by atoms with Gasteiger partial charge < -0.3 is 0 Å². The molecule has 0 atom stereocenters. The van der Waals surface area contributed by atoms with Gasteiger partial charge in [0, 0.05) is 16.5 Å². The fourth-order valence-electron chi connectivity index (χ4n) is 0. The van der Waals surface area contributed by atoms with Crippen LogP contribution in [0.25, 0.3) is 0 Å². The van der Waals surface area contributed by atoms with E-state index in [2.05, 4.69) is 0 Å². The van der Waals surface area contributed by atoms with Crippen LogP contribution < -0.4 is 0 Å². The van der Waals surface area contributed by atoms with Crippen LogP contribution in [0.1, 0.15) is 0 Å². The monoisotopic (exact) mass is 220 g/mol. The Hall–Kier alpha value is 1.69. The predicted molar refractivity (Wildman–Crippen MR) is 20.1 cm³/mol. The van der Waals surface area contributed by atoms with Gasteiger partial charge in [0.1, 0.15) is 0 Å². The van der Waals surface area contributed by atoms with Crippen molar-refractivity contribution in [2.45, 2.75) is 0 Å². The van der Waals surface area contributed by atoms with Gasteiger partial charge in [0.05, 0.1) is 0 Å². The van der Waals surface area contributed by atoms with Crippen LogP contribution in [-0.4, -0.2) is 36.0 Å². The van der Waals surface area contributed by atoms with Crippen molar-refractivity contribution in [3.8, 4) is 0 Å². The van der Waals surface area contributed by atoms with Gasteiger partial charge in [0.25, 0.3) is 0 Å². The summed E-state index contributed by atoms with van der Waals surface area (Å²) in [6.45, 7) is 0. The standard InChI is InChI=1S/Mg.Mn.Ni.HO3S.2H/c;;;1-4(2)3;;/h;;;(H,1,2,3);;. The molecule has 0 fully saturated rings. The molecule has 0 saturated carbocycles. The molecular formula is H3MgMnNiO3S. The smallest absolute Gasteiger partial charge is 0 e. The van der Waals surface area contributed by atoms with E-state index < -0.39 is 8.54 Å². The average Bonchev–Trinajstić information content (AvgIpc) is 0.722. The molecule has 0 radical (unpaired) electrons. The number of hydrogen-bond donors (Lipinski definition) is 1. The van der Waals surface area contributed by atoms with Crippen LogP contribution in [0.5, 0.6) is 0 Å². The van der Waals surface area contributed by atoms with Gasteiger partial charge in [-0.2, -0.15) is 0 Å². The first kappa shape index (κ1) is 15.9. The molecule has 0 rings (SSSR count). The second kappa shape index (κ2) is 5.82. The first-order valence-electron chi connectivity index (χ1n) is 0.670. The Morgan fingerprint density at radius 3 is 1.43 bits per heavy atom. The molecular weight excluding hydrogens is 218 g/mol. The Kier molecular flexibility index (Phi) is 13.2. The van der Waals surface area contributed by atoms with Crippen LogP contribution in [-0.2, 0) is 39.9 Å². The van der Waals surface area contributed by atoms with E-state index in [0.29, 0.717) is 0 Å². The zero-order valence-corrected chi connectivity index (χ0v) is 5.35. The Balaban J connectivity index is -0.0000000800. The molecule has 7 heteroatoms. The zero-order chi connectivity index (χ0) is 4.50. The first-order chi connectivity index (χ1) is 2.00. The van der Waals surface area contributed by atoms with E-state index in [9.17, 15) is 0 Å². The number of rotatable bonds is 0. The van der Waals surface area contributed by atoms with E-state index >= 15 is 0 Å². The molecule has 3 nitrogen and oxygen atoms in total. The van der Waals surface area contributed by atoms with Gasteiger partial charge in [-0.3, -0.25) is 0 Å². The van der Waals surface area contributed by atoms with Crippen molar-refractivity contribution in [2.24, 2.45) is 0 Å². The quantitative estimate of drug-likeness (QED) is 0.396. The summed E-state index contributed by atoms with van der Waals surface area (Å²) in [5.74, 6) is 0. The van der Waals surface area contributed by atoms with Crippen molar-refractivity contribution in [3.05, 3.63) is 0 Å². The van der Waals surface area contributed by atoms with E-state index in [1.165, 1.54) is 0 Å². The van der Waals surface area contributed by atoms with Gasteiger partial charge in [0.2, 0.25) is 0 Å². The normalized spacial score (nSPS) is 8.29. The van der Waals surface area contributed by atoms with E-state index in [0.717, 1.165) is 0 Å². The maximum Gasteiger partial charge on any atom is 0.316 e. The van der Waals surface area contributed by atoms with E-state index in [-0.39, 0.29) is 39.5 Å². The first-order valence-corrected chi connectivity index (χ1v) is 3.46. The second-order valence-corrected chi connectivity index (χ2v) is 3.06. The van der Waals surface area contributed by atoms with E-state index in [1.807, 2.05) is 14.9 Å². The third kappa shape index (κ3) is 87.2. The van der Waals surface area contributed by atoms with Crippen LogP contribution in [0.15, 0.2) is 0 Å². The Morgan fingerprint density at radius 1 is 1.43 bits per heavy atom. The maximum absolute atomic E-state index is 9.10. The summed E-state index contributed by atoms with van der Waals surface area (Å²) >= 11 is 1.90. The van der Waals surface area contributed by atoms with E-state index in [4.69, 9.17) is 13.0 Å². The van der Waals surface area contributed by atoms with Gasteiger partial charge in [-0.05, 0) is 0 Å². The predicted octanol–water partition coefficient (Wildman–Crippen LogP) is -1.58. The average molecular weight is 221 g/mol. The van der Waals surface area contributed by atoms with Crippen LogP contribution in [0.3, 0.4) is 0 Å². The third-order valence-electron chi connectivity index (χ3n) is 0. The molecule has 0 aliphatic heterocycles. The largest absolute Gasteiger partial charge is 0.316 e. The van der Waals surface area contributed by atoms with Crippen LogP contribution in [0.4, 0.5) is 0 Å². The molecule has 7 heavy (non-hydrogen) atoms. The fraction of sp³-hybridized carbons (Fsp3) is 0. The molecule has 0 saturated heterocycles. The molecule has 0 aliphatic rings. The van der Waals surface area contributed by atoms with Gasteiger partial charge in [0.15, 0.2) is 0 Å². The van der Waals surface area contributed by atoms with Crippen molar-refractivity contribution in [1.29, 1.82) is 0 Å². The third-order valence-corrected chi connectivity index (χ3v) is 0. The molecule has 0 unspecified atom stereocenters. The molecule has 0 aromatic heterocycles. The zero-order valence-electron chi connectivity index (χ0n) is 2.37.